The lowest BCUT2D eigenvalue weighted by Crippen LogP contribution is -2.16. The molecular formula is C6H13O4P. The molecule has 0 amide bonds. The van der Waals surface area contributed by atoms with Gasteiger partial charge in [-0.1, -0.05) is 0 Å². The van der Waals surface area contributed by atoms with Gasteiger partial charge >= 0.3 is 5.97 Å². The predicted octanol–water partition coefficient (Wildman–Crippen LogP) is 0.445. The highest BCUT2D eigenvalue weighted by molar-refractivity contribution is 7.62. The van der Waals surface area contributed by atoms with Gasteiger partial charge in [0.15, 0.2) is 0 Å². The average molecular weight is 180 g/mol. The summed E-state index contributed by atoms with van der Waals surface area (Å²) in [7, 11) is -2.29. The molecular weight excluding hydrogens is 167 g/mol. The molecule has 0 saturated heterocycles. The lowest BCUT2D eigenvalue weighted by Gasteiger charge is -2.10. The molecule has 4 nitrogen and oxygen atoms in total. The zero-order valence-electron chi connectivity index (χ0n) is 6.65. The highest BCUT2D eigenvalue weighted by Crippen LogP contribution is 2.36. The Hall–Kier alpha value is -0.340. The number of aliphatic hydroxyl groups excluding tert-OH is 1. The van der Waals surface area contributed by atoms with E-state index in [1.165, 1.54) is 13.3 Å². The van der Waals surface area contributed by atoms with Crippen LogP contribution in [0.5, 0.6) is 0 Å². The van der Waals surface area contributed by atoms with Gasteiger partial charge in [0.1, 0.15) is 0 Å². The van der Waals surface area contributed by atoms with Crippen LogP contribution in [0.4, 0.5) is 0 Å². The number of hydrogen-bond donors (Lipinski definition) is 2. The Morgan fingerprint density at radius 1 is 1.55 bits per heavy atom. The van der Waals surface area contributed by atoms with Crippen LogP contribution in [0.3, 0.4) is 0 Å². The summed E-state index contributed by atoms with van der Waals surface area (Å²) in [6, 6.07) is 0. The summed E-state index contributed by atoms with van der Waals surface area (Å²) < 4.78 is 11.1. The third-order valence-electron chi connectivity index (χ3n) is 1.06. The van der Waals surface area contributed by atoms with Crippen molar-refractivity contribution in [1.82, 2.24) is 0 Å². The summed E-state index contributed by atoms with van der Waals surface area (Å²) in [5.74, 6) is -1.06. The van der Waals surface area contributed by atoms with Crippen LogP contribution in [0.25, 0.3) is 0 Å². The Morgan fingerprint density at radius 3 is 2.27 bits per heavy atom. The Labute approximate surface area is 65.6 Å². The number of carboxylic acids is 1. The molecule has 66 valence electrons. The SMILES string of the molecule is CP(C)(=O)CC(O)CC(=O)O. The summed E-state index contributed by atoms with van der Waals surface area (Å²) >= 11 is 0. The number of aliphatic hydroxyl groups is 1. The van der Waals surface area contributed by atoms with E-state index in [1.807, 2.05) is 0 Å². The van der Waals surface area contributed by atoms with Crippen LogP contribution >= 0.6 is 7.14 Å². The minimum absolute atomic E-state index is 0.0826. The van der Waals surface area contributed by atoms with Crippen molar-refractivity contribution in [3.8, 4) is 0 Å². The fourth-order valence-corrected chi connectivity index (χ4v) is 1.92. The first-order chi connectivity index (χ1) is 4.81. The van der Waals surface area contributed by atoms with Crippen molar-refractivity contribution in [3.05, 3.63) is 0 Å². The van der Waals surface area contributed by atoms with Crippen molar-refractivity contribution >= 4 is 13.1 Å². The first kappa shape index (κ1) is 10.7. The molecule has 0 rings (SSSR count). The van der Waals surface area contributed by atoms with Gasteiger partial charge in [-0.15, -0.1) is 0 Å². The van der Waals surface area contributed by atoms with Crippen molar-refractivity contribution in [3.63, 3.8) is 0 Å². The van der Waals surface area contributed by atoms with Gasteiger partial charge in [0.05, 0.1) is 19.7 Å². The minimum atomic E-state index is -2.29. The molecule has 0 radical (unpaired) electrons. The van der Waals surface area contributed by atoms with Gasteiger partial charge in [0.2, 0.25) is 0 Å². The normalized spacial score (nSPS) is 14.5. The summed E-state index contributed by atoms with van der Waals surface area (Å²) in [6.45, 7) is 3.05. The van der Waals surface area contributed by atoms with E-state index in [1.54, 1.807) is 0 Å². The monoisotopic (exact) mass is 180 g/mol. The first-order valence-corrected chi connectivity index (χ1v) is 6.04. The molecule has 0 spiro atoms. The number of carbonyl (C=O) groups is 1. The van der Waals surface area contributed by atoms with Gasteiger partial charge in [0.25, 0.3) is 0 Å². The Kier molecular flexibility index (Phi) is 3.76. The second kappa shape index (κ2) is 3.88. The average Bonchev–Trinajstić information content (AvgIpc) is 1.53. The molecule has 0 bridgehead atoms. The maximum atomic E-state index is 11.1. The predicted molar refractivity (Wildman–Crippen MR) is 42.6 cm³/mol. The molecule has 0 aromatic carbocycles. The molecule has 2 N–H and O–H groups in total. The lowest BCUT2D eigenvalue weighted by atomic mass is 10.3. The van der Waals surface area contributed by atoms with Crippen molar-refractivity contribution in [2.75, 3.05) is 19.5 Å². The second-order valence-corrected chi connectivity index (χ2v) is 6.52. The van der Waals surface area contributed by atoms with E-state index in [-0.39, 0.29) is 12.6 Å². The highest BCUT2D eigenvalue weighted by Gasteiger charge is 2.16. The van der Waals surface area contributed by atoms with Crippen LogP contribution in [-0.2, 0) is 9.36 Å². The summed E-state index contributed by atoms with van der Waals surface area (Å²) in [5.41, 5.74) is 0. The number of rotatable bonds is 4. The van der Waals surface area contributed by atoms with Gasteiger partial charge in [-0.05, 0) is 13.3 Å². The quantitative estimate of drug-likeness (QED) is 0.616. The number of carboxylic acid groups (broad SMARTS) is 1. The van der Waals surface area contributed by atoms with Crippen LogP contribution in [0.15, 0.2) is 0 Å². The summed E-state index contributed by atoms with van der Waals surface area (Å²) in [6.07, 6.45) is -1.22. The molecule has 5 heteroatoms. The zero-order valence-corrected chi connectivity index (χ0v) is 7.54. The maximum absolute atomic E-state index is 11.1. The molecule has 0 aromatic rings. The molecule has 0 heterocycles. The smallest absolute Gasteiger partial charge is 0.305 e. The van der Waals surface area contributed by atoms with Crippen LogP contribution in [0, 0.1) is 0 Å². The van der Waals surface area contributed by atoms with E-state index in [4.69, 9.17) is 10.2 Å². The Morgan fingerprint density at radius 2 is 2.00 bits per heavy atom. The fourth-order valence-electron chi connectivity index (χ4n) is 0.774. The number of aliphatic carboxylic acids is 1. The van der Waals surface area contributed by atoms with Gasteiger partial charge < -0.3 is 14.8 Å². The molecule has 1 atom stereocenters. The van der Waals surface area contributed by atoms with Gasteiger partial charge in [-0.2, -0.15) is 0 Å². The number of hydrogen-bond acceptors (Lipinski definition) is 3. The first-order valence-electron chi connectivity index (χ1n) is 3.25. The molecule has 0 aliphatic rings. The molecule has 0 fully saturated rings. The molecule has 0 aliphatic carbocycles. The van der Waals surface area contributed by atoms with Crippen molar-refractivity contribution < 1.29 is 19.6 Å². The highest BCUT2D eigenvalue weighted by atomic mass is 31.2. The van der Waals surface area contributed by atoms with E-state index in [2.05, 4.69) is 0 Å². The maximum Gasteiger partial charge on any atom is 0.305 e. The van der Waals surface area contributed by atoms with Gasteiger partial charge in [-0.25, -0.2) is 0 Å². The minimum Gasteiger partial charge on any atom is -0.481 e. The van der Waals surface area contributed by atoms with Crippen LogP contribution in [-0.4, -0.2) is 41.8 Å². The van der Waals surface area contributed by atoms with Gasteiger partial charge in [0, 0.05) is 6.16 Å². The largest absolute Gasteiger partial charge is 0.481 e. The van der Waals surface area contributed by atoms with E-state index in [0.29, 0.717) is 0 Å². The van der Waals surface area contributed by atoms with Crippen LogP contribution < -0.4 is 0 Å². The molecule has 0 saturated carbocycles. The summed E-state index contributed by atoms with van der Waals surface area (Å²) in [5, 5.41) is 17.2. The Balaban J connectivity index is 3.79. The molecule has 0 aromatic heterocycles. The summed E-state index contributed by atoms with van der Waals surface area (Å²) in [4.78, 5) is 10.0. The van der Waals surface area contributed by atoms with Gasteiger partial charge in [-0.3, -0.25) is 4.79 Å². The van der Waals surface area contributed by atoms with E-state index >= 15 is 0 Å². The topological polar surface area (TPSA) is 74.6 Å². The molecule has 11 heavy (non-hydrogen) atoms. The third kappa shape index (κ3) is 7.56. The lowest BCUT2D eigenvalue weighted by molar-refractivity contribution is -0.138. The third-order valence-corrected chi connectivity index (χ3v) is 2.36. The second-order valence-electron chi connectivity index (χ2n) is 3.01. The van der Waals surface area contributed by atoms with Crippen molar-refractivity contribution in [2.45, 2.75) is 12.5 Å². The molecule has 1 unspecified atom stereocenters. The Bertz CT molecular complexity index is 183. The van der Waals surface area contributed by atoms with E-state index < -0.39 is 19.2 Å². The molecule has 0 aliphatic heterocycles. The van der Waals surface area contributed by atoms with E-state index in [9.17, 15) is 9.36 Å². The fraction of sp³-hybridized carbons (Fsp3) is 0.833. The van der Waals surface area contributed by atoms with Crippen molar-refractivity contribution in [1.29, 1.82) is 0 Å². The van der Waals surface area contributed by atoms with E-state index in [0.717, 1.165) is 0 Å². The van der Waals surface area contributed by atoms with Crippen molar-refractivity contribution in [2.24, 2.45) is 0 Å². The van der Waals surface area contributed by atoms with Crippen LogP contribution in [0.1, 0.15) is 6.42 Å². The zero-order chi connectivity index (χ0) is 9.07. The van der Waals surface area contributed by atoms with Crippen LogP contribution in [0.2, 0.25) is 0 Å². The standard InChI is InChI=1S/C6H13O4P/c1-11(2,10)4-5(7)3-6(8)9/h5,7H,3-4H2,1-2H3,(H,8,9).